The van der Waals surface area contributed by atoms with Crippen LogP contribution in [0.4, 0.5) is 5.69 Å². The molecule has 0 radical (unpaired) electrons. The summed E-state index contributed by atoms with van der Waals surface area (Å²) >= 11 is 0. The van der Waals surface area contributed by atoms with Gasteiger partial charge in [-0.1, -0.05) is 12.1 Å². The van der Waals surface area contributed by atoms with Crippen LogP contribution in [0.3, 0.4) is 0 Å². The van der Waals surface area contributed by atoms with Crippen molar-refractivity contribution in [2.75, 3.05) is 0 Å². The zero-order valence-electron chi connectivity index (χ0n) is 15.5. The molecule has 0 saturated heterocycles. The molecule has 1 aromatic heterocycles. The van der Waals surface area contributed by atoms with Crippen LogP contribution < -0.4 is 0 Å². The van der Waals surface area contributed by atoms with Crippen molar-refractivity contribution in [3.63, 3.8) is 0 Å². The van der Waals surface area contributed by atoms with E-state index in [1.165, 1.54) is 36.6 Å². The first-order valence-electron chi connectivity index (χ1n) is 8.81. The first-order chi connectivity index (χ1) is 12.8. The van der Waals surface area contributed by atoms with Crippen LogP contribution in [0.5, 0.6) is 0 Å². The third kappa shape index (κ3) is 3.74. The van der Waals surface area contributed by atoms with E-state index in [0.717, 1.165) is 19.3 Å². The molecule has 0 bridgehead atoms. The molecule has 0 saturated carbocycles. The summed E-state index contributed by atoms with van der Waals surface area (Å²) in [6.07, 6.45) is 2.14. The predicted octanol–water partition coefficient (Wildman–Crippen LogP) is 2.71. The number of aromatic nitrogens is 2. The zero-order valence-corrected chi connectivity index (χ0v) is 15.5. The molecule has 1 aliphatic carbocycles. The van der Waals surface area contributed by atoms with Crippen molar-refractivity contribution in [1.82, 2.24) is 9.78 Å². The fourth-order valence-electron chi connectivity index (χ4n) is 3.48. The highest BCUT2D eigenvalue weighted by molar-refractivity contribution is 6.00. The summed E-state index contributed by atoms with van der Waals surface area (Å²) in [7, 11) is 0. The second kappa shape index (κ2) is 7.30. The summed E-state index contributed by atoms with van der Waals surface area (Å²) < 4.78 is 6.46. The lowest BCUT2D eigenvalue weighted by Crippen LogP contribution is -2.27. The van der Waals surface area contributed by atoms with Crippen LogP contribution in [0, 0.1) is 24.0 Å². The summed E-state index contributed by atoms with van der Waals surface area (Å²) in [6.45, 7) is 4.26. The molecule has 1 aliphatic rings. The summed E-state index contributed by atoms with van der Waals surface area (Å²) in [5.41, 5.74) is 3.35. The van der Waals surface area contributed by atoms with Gasteiger partial charge in [-0.15, -0.1) is 0 Å². The van der Waals surface area contributed by atoms with Gasteiger partial charge in [0.2, 0.25) is 5.78 Å². The zero-order chi connectivity index (χ0) is 19.7. The molecule has 0 amide bonds. The van der Waals surface area contributed by atoms with Gasteiger partial charge < -0.3 is 4.74 Å². The molecule has 3 rings (SSSR count). The molecule has 1 aromatic carbocycles. The Bertz CT molecular complexity index is 932. The van der Waals surface area contributed by atoms with Crippen molar-refractivity contribution in [2.45, 2.75) is 52.7 Å². The maximum Gasteiger partial charge on any atom is 0.328 e. The number of nitro groups is 1. The second-order valence-corrected chi connectivity index (χ2v) is 6.77. The summed E-state index contributed by atoms with van der Waals surface area (Å²) in [6, 6.07) is 5.60. The molecule has 0 spiro atoms. The first-order valence-corrected chi connectivity index (χ1v) is 8.81. The van der Waals surface area contributed by atoms with E-state index in [1.54, 1.807) is 6.07 Å². The standard InChI is InChI=1S/C19H21N3O5/c1-11-18(22(25)26)12(2)21(20-11)10-17(23)27-13(3)19(24)16-8-7-14-5-4-6-15(14)9-16/h7-9,13H,4-6,10H2,1-3H3/t13-/m0/s1. The number of carbonyl (C=O) groups excluding carboxylic acids is 2. The van der Waals surface area contributed by atoms with Gasteiger partial charge in [0.1, 0.15) is 17.9 Å². The highest BCUT2D eigenvalue weighted by Gasteiger charge is 2.25. The van der Waals surface area contributed by atoms with Gasteiger partial charge in [0.15, 0.2) is 6.10 Å². The number of ketones is 1. The Morgan fingerprint density at radius 3 is 2.67 bits per heavy atom. The number of benzene rings is 1. The van der Waals surface area contributed by atoms with Crippen LogP contribution in [-0.2, 0) is 28.9 Å². The molecule has 2 aromatic rings. The van der Waals surface area contributed by atoms with Crippen LogP contribution in [0.25, 0.3) is 0 Å². The van der Waals surface area contributed by atoms with Crippen molar-refractivity contribution in [3.8, 4) is 0 Å². The quantitative estimate of drug-likeness (QED) is 0.335. The molecule has 0 N–H and O–H groups in total. The number of hydrogen-bond acceptors (Lipinski definition) is 6. The number of hydrogen-bond donors (Lipinski definition) is 0. The van der Waals surface area contributed by atoms with E-state index in [-0.39, 0.29) is 29.4 Å². The van der Waals surface area contributed by atoms with Crippen molar-refractivity contribution in [2.24, 2.45) is 0 Å². The van der Waals surface area contributed by atoms with Gasteiger partial charge in [0, 0.05) is 5.56 Å². The lowest BCUT2D eigenvalue weighted by molar-refractivity contribution is -0.386. The highest BCUT2D eigenvalue weighted by atomic mass is 16.6. The predicted molar refractivity (Wildman–Crippen MR) is 96.7 cm³/mol. The molecule has 142 valence electrons. The minimum Gasteiger partial charge on any atom is -0.453 e. The topological polar surface area (TPSA) is 104 Å². The largest absolute Gasteiger partial charge is 0.453 e. The van der Waals surface area contributed by atoms with E-state index in [2.05, 4.69) is 5.10 Å². The Balaban J connectivity index is 1.66. The maximum absolute atomic E-state index is 12.6. The smallest absolute Gasteiger partial charge is 0.328 e. The molecule has 0 unspecified atom stereocenters. The van der Waals surface area contributed by atoms with Gasteiger partial charge in [-0.2, -0.15) is 5.10 Å². The van der Waals surface area contributed by atoms with E-state index in [4.69, 9.17) is 4.74 Å². The van der Waals surface area contributed by atoms with Crippen LogP contribution in [0.15, 0.2) is 18.2 Å². The SMILES string of the molecule is Cc1nn(CC(=O)O[C@@H](C)C(=O)c2ccc3c(c2)CCC3)c(C)c1[N+](=O)[O-]. The van der Waals surface area contributed by atoms with Crippen LogP contribution in [0.1, 0.15) is 46.2 Å². The van der Waals surface area contributed by atoms with Crippen molar-refractivity contribution in [3.05, 3.63) is 56.4 Å². The molecule has 27 heavy (non-hydrogen) atoms. The number of carbonyl (C=O) groups is 2. The Morgan fingerprint density at radius 1 is 1.30 bits per heavy atom. The molecule has 0 aliphatic heterocycles. The normalized spacial score (nSPS) is 13.9. The monoisotopic (exact) mass is 371 g/mol. The lowest BCUT2D eigenvalue weighted by atomic mass is 10.0. The average molecular weight is 371 g/mol. The average Bonchev–Trinajstić information content (AvgIpc) is 3.17. The minimum absolute atomic E-state index is 0.120. The molecular weight excluding hydrogens is 350 g/mol. The first kappa shape index (κ1) is 18.8. The molecule has 1 heterocycles. The third-order valence-corrected chi connectivity index (χ3v) is 4.87. The number of ether oxygens (including phenoxy) is 1. The molecular formula is C19H21N3O5. The molecule has 8 heteroatoms. The minimum atomic E-state index is -0.941. The number of nitrogens with zero attached hydrogens (tertiary/aromatic N) is 3. The Labute approximate surface area is 156 Å². The maximum atomic E-state index is 12.6. The van der Waals surface area contributed by atoms with Crippen molar-refractivity contribution < 1.29 is 19.2 Å². The van der Waals surface area contributed by atoms with Gasteiger partial charge in [0.05, 0.1) is 4.92 Å². The fourth-order valence-corrected chi connectivity index (χ4v) is 3.48. The van der Waals surface area contributed by atoms with E-state index in [9.17, 15) is 19.7 Å². The van der Waals surface area contributed by atoms with E-state index in [0.29, 0.717) is 5.56 Å². The Morgan fingerprint density at radius 2 is 2.00 bits per heavy atom. The van der Waals surface area contributed by atoms with Gasteiger partial charge in [-0.3, -0.25) is 24.4 Å². The molecule has 1 atom stereocenters. The van der Waals surface area contributed by atoms with Gasteiger partial charge >= 0.3 is 11.7 Å². The highest BCUT2D eigenvalue weighted by Crippen LogP contribution is 2.24. The van der Waals surface area contributed by atoms with E-state index < -0.39 is 17.0 Å². The van der Waals surface area contributed by atoms with Gasteiger partial charge in [-0.05, 0) is 57.2 Å². The summed E-state index contributed by atoms with van der Waals surface area (Å²) in [5.74, 6) is -0.935. The number of rotatable bonds is 6. The summed E-state index contributed by atoms with van der Waals surface area (Å²) in [4.78, 5) is 35.3. The van der Waals surface area contributed by atoms with E-state index in [1.807, 2.05) is 12.1 Å². The Hall–Kier alpha value is -3.03. The van der Waals surface area contributed by atoms with E-state index >= 15 is 0 Å². The number of Topliss-reactive ketones (excluding diaryl/α,β-unsaturated/α-hetero) is 1. The van der Waals surface area contributed by atoms with Crippen molar-refractivity contribution >= 4 is 17.4 Å². The Kier molecular flexibility index (Phi) is 5.07. The number of fused-ring (bicyclic) bond motifs is 1. The van der Waals surface area contributed by atoms with Crippen LogP contribution in [-0.4, -0.2) is 32.6 Å². The third-order valence-electron chi connectivity index (χ3n) is 4.87. The lowest BCUT2D eigenvalue weighted by Gasteiger charge is -2.13. The van der Waals surface area contributed by atoms with Crippen LogP contribution >= 0.6 is 0 Å². The summed E-state index contributed by atoms with van der Waals surface area (Å²) in [5, 5.41) is 15.0. The van der Waals surface area contributed by atoms with Gasteiger partial charge in [0.25, 0.3) is 0 Å². The molecule has 0 fully saturated rings. The number of aryl methyl sites for hydroxylation is 3. The van der Waals surface area contributed by atoms with Crippen molar-refractivity contribution in [1.29, 1.82) is 0 Å². The second-order valence-electron chi connectivity index (χ2n) is 6.77. The van der Waals surface area contributed by atoms with Gasteiger partial charge in [-0.25, -0.2) is 0 Å². The van der Waals surface area contributed by atoms with Crippen LogP contribution in [0.2, 0.25) is 0 Å². The molecule has 8 nitrogen and oxygen atoms in total. The fraction of sp³-hybridized carbons (Fsp3) is 0.421. The number of esters is 1.